The molecule has 3 nitrogen and oxygen atoms in total. The van der Waals surface area contributed by atoms with Crippen LogP contribution in [0.1, 0.15) is 37.2 Å². The van der Waals surface area contributed by atoms with E-state index in [0.29, 0.717) is 5.92 Å². The lowest BCUT2D eigenvalue weighted by Gasteiger charge is -2.30. The van der Waals surface area contributed by atoms with Gasteiger partial charge < -0.3 is 10.2 Å². The first-order valence-electron chi connectivity index (χ1n) is 6.86. The molecule has 2 saturated heterocycles. The van der Waals surface area contributed by atoms with Crippen molar-refractivity contribution in [2.24, 2.45) is 0 Å². The molecule has 1 aromatic heterocycles. The number of rotatable bonds is 2. The Bertz CT molecular complexity index is 365. The smallest absolute Gasteiger partial charge is 0.132 e. The number of piperidine rings is 1. The minimum atomic E-state index is 0.667. The summed E-state index contributed by atoms with van der Waals surface area (Å²) in [7, 11) is 0. The number of hydrogen-bond donors (Lipinski definition) is 1. The molecule has 2 fully saturated rings. The highest BCUT2D eigenvalue weighted by molar-refractivity contribution is 5.49. The first-order valence-corrected chi connectivity index (χ1v) is 6.86. The van der Waals surface area contributed by atoms with Gasteiger partial charge in [-0.25, -0.2) is 4.98 Å². The zero-order valence-electron chi connectivity index (χ0n) is 10.4. The minimum absolute atomic E-state index is 0.667. The van der Waals surface area contributed by atoms with Crippen molar-refractivity contribution in [3.63, 3.8) is 0 Å². The summed E-state index contributed by atoms with van der Waals surface area (Å²) in [5, 5.41) is 3.45. The van der Waals surface area contributed by atoms with E-state index in [0.717, 1.165) is 13.1 Å². The maximum atomic E-state index is 4.65. The molecular formula is C14H21N3. The maximum Gasteiger partial charge on any atom is 0.132 e. The van der Waals surface area contributed by atoms with Crippen molar-refractivity contribution in [3.05, 3.63) is 23.9 Å². The summed E-state index contributed by atoms with van der Waals surface area (Å²) in [5.41, 5.74) is 1.46. The average molecular weight is 231 g/mol. The summed E-state index contributed by atoms with van der Waals surface area (Å²) >= 11 is 0. The monoisotopic (exact) mass is 231 g/mol. The number of nitrogens with one attached hydrogen (secondary N) is 1. The van der Waals surface area contributed by atoms with Gasteiger partial charge in [-0.05, 0) is 43.9 Å². The van der Waals surface area contributed by atoms with Crippen molar-refractivity contribution in [1.82, 2.24) is 10.3 Å². The molecule has 92 valence electrons. The number of nitrogens with zero attached hydrogens (tertiary/aromatic N) is 2. The van der Waals surface area contributed by atoms with Gasteiger partial charge in [0.2, 0.25) is 0 Å². The Kier molecular flexibility index (Phi) is 3.27. The quantitative estimate of drug-likeness (QED) is 0.845. The summed E-state index contributed by atoms with van der Waals surface area (Å²) in [4.78, 5) is 7.13. The van der Waals surface area contributed by atoms with Crippen LogP contribution in [0.25, 0.3) is 0 Å². The van der Waals surface area contributed by atoms with Crippen LogP contribution in [0.15, 0.2) is 18.3 Å². The number of anilines is 1. The topological polar surface area (TPSA) is 28.2 Å². The standard InChI is InChI=1S/C14H21N3/c1-2-9-17(10-3-1)14-13(5-4-7-16-14)12-6-8-15-11-12/h4-5,7,12,15H,1-3,6,8-11H2. The highest BCUT2D eigenvalue weighted by Gasteiger charge is 2.23. The molecule has 0 aromatic carbocycles. The Morgan fingerprint density at radius 2 is 2.12 bits per heavy atom. The molecule has 2 aliphatic rings. The van der Waals surface area contributed by atoms with E-state index in [1.165, 1.54) is 50.2 Å². The third-order valence-electron chi connectivity index (χ3n) is 3.97. The molecule has 1 aromatic rings. The van der Waals surface area contributed by atoms with Crippen LogP contribution in [0.4, 0.5) is 5.82 Å². The van der Waals surface area contributed by atoms with E-state index in [2.05, 4.69) is 27.3 Å². The molecule has 1 N–H and O–H groups in total. The molecule has 2 aliphatic heterocycles. The second kappa shape index (κ2) is 5.05. The van der Waals surface area contributed by atoms with E-state index in [9.17, 15) is 0 Å². The molecule has 0 amide bonds. The van der Waals surface area contributed by atoms with E-state index in [-0.39, 0.29) is 0 Å². The minimum Gasteiger partial charge on any atom is -0.356 e. The summed E-state index contributed by atoms with van der Waals surface area (Å²) in [5.74, 6) is 1.92. The van der Waals surface area contributed by atoms with Crippen LogP contribution in [0.3, 0.4) is 0 Å². The Labute approximate surface area is 103 Å². The first-order chi connectivity index (χ1) is 8.45. The van der Waals surface area contributed by atoms with Crippen molar-refractivity contribution < 1.29 is 0 Å². The Balaban J connectivity index is 1.86. The van der Waals surface area contributed by atoms with Gasteiger partial charge in [0.15, 0.2) is 0 Å². The van der Waals surface area contributed by atoms with Gasteiger partial charge in [0.25, 0.3) is 0 Å². The highest BCUT2D eigenvalue weighted by Crippen LogP contribution is 2.30. The molecule has 3 heterocycles. The fourth-order valence-corrected chi connectivity index (χ4v) is 3.02. The summed E-state index contributed by atoms with van der Waals surface area (Å²) in [6.07, 6.45) is 7.21. The maximum absolute atomic E-state index is 4.65. The fourth-order valence-electron chi connectivity index (χ4n) is 3.02. The van der Waals surface area contributed by atoms with Crippen LogP contribution in [0.5, 0.6) is 0 Å². The number of pyridine rings is 1. The van der Waals surface area contributed by atoms with Crippen LogP contribution in [0, 0.1) is 0 Å². The zero-order chi connectivity index (χ0) is 11.5. The lowest BCUT2D eigenvalue weighted by Crippen LogP contribution is -2.31. The van der Waals surface area contributed by atoms with Crippen molar-refractivity contribution >= 4 is 5.82 Å². The van der Waals surface area contributed by atoms with Crippen molar-refractivity contribution in [3.8, 4) is 0 Å². The normalized spacial score (nSPS) is 25.2. The molecule has 0 bridgehead atoms. The van der Waals surface area contributed by atoms with Crippen molar-refractivity contribution in [2.45, 2.75) is 31.6 Å². The fraction of sp³-hybridized carbons (Fsp3) is 0.643. The predicted molar refractivity (Wildman–Crippen MR) is 70.5 cm³/mol. The molecule has 0 spiro atoms. The Morgan fingerprint density at radius 1 is 1.24 bits per heavy atom. The molecule has 3 rings (SSSR count). The van der Waals surface area contributed by atoms with Gasteiger partial charge >= 0.3 is 0 Å². The van der Waals surface area contributed by atoms with E-state index >= 15 is 0 Å². The molecular weight excluding hydrogens is 210 g/mol. The molecule has 1 atom stereocenters. The van der Waals surface area contributed by atoms with Crippen LogP contribution in [-0.2, 0) is 0 Å². The van der Waals surface area contributed by atoms with Gasteiger partial charge in [-0.1, -0.05) is 6.07 Å². The number of aromatic nitrogens is 1. The van der Waals surface area contributed by atoms with Gasteiger partial charge in [-0.3, -0.25) is 0 Å². The average Bonchev–Trinajstić information content (AvgIpc) is 2.94. The molecule has 17 heavy (non-hydrogen) atoms. The second-order valence-electron chi connectivity index (χ2n) is 5.15. The third kappa shape index (κ3) is 2.29. The van der Waals surface area contributed by atoms with E-state index in [1.54, 1.807) is 0 Å². The van der Waals surface area contributed by atoms with E-state index < -0.39 is 0 Å². The first kappa shape index (κ1) is 11.0. The van der Waals surface area contributed by atoms with Gasteiger partial charge in [-0.15, -0.1) is 0 Å². The summed E-state index contributed by atoms with van der Waals surface area (Å²) < 4.78 is 0. The zero-order valence-corrected chi connectivity index (χ0v) is 10.4. The predicted octanol–water partition coefficient (Wildman–Crippen LogP) is 2.15. The van der Waals surface area contributed by atoms with Gasteiger partial charge in [-0.2, -0.15) is 0 Å². The molecule has 0 radical (unpaired) electrons. The Morgan fingerprint density at radius 3 is 2.88 bits per heavy atom. The molecule has 0 saturated carbocycles. The van der Waals surface area contributed by atoms with Gasteiger partial charge in [0.05, 0.1) is 0 Å². The van der Waals surface area contributed by atoms with Crippen LogP contribution >= 0.6 is 0 Å². The highest BCUT2D eigenvalue weighted by atomic mass is 15.2. The third-order valence-corrected chi connectivity index (χ3v) is 3.97. The van der Waals surface area contributed by atoms with E-state index in [1.807, 2.05) is 6.20 Å². The molecule has 3 heteroatoms. The SMILES string of the molecule is c1cnc(N2CCCCC2)c(C2CCNC2)c1. The number of hydrogen-bond acceptors (Lipinski definition) is 3. The largest absolute Gasteiger partial charge is 0.356 e. The lowest BCUT2D eigenvalue weighted by molar-refractivity contribution is 0.569. The summed E-state index contributed by atoms with van der Waals surface area (Å²) in [6, 6.07) is 4.36. The van der Waals surface area contributed by atoms with Crippen molar-refractivity contribution in [1.29, 1.82) is 0 Å². The van der Waals surface area contributed by atoms with E-state index in [4.69, 9.17) is 0 Å². The van der Waals surface area contributed by atoms with Crippen molar-refractivity contribution in [2.75, 3.05) is 31.1 Å². The lowest BCUT2D eigenvalue weighted by atomic mass is 9.98. The van der Waals surface area contributed by atoms with Crippen LogP contribution in [0.2, 0.25) is 0 Å². The second-order valence-corrected chi connectivity index (χ2v) is 5.15. The summed E-state index contributed by atoms with van der Waals surface area (Å²) in [6.45, 7) is 4.64. The molecule has 0 aliphatic carbocycles. The Hall–Kier alpha value is -1.09. The van der Waals surface area contributed by atoms with Gasteiger partial charge in [0.1, 0.15) is 5.82 Å². The molecule has 1 unspecified atom stereocenters. The van der Waals surface area contributed by atoms with Gasteiger partial charge in [0, 0.05) is 31.7 Å². The van der Waals surface area contributed by atoms with Crippen LogP contribution < -0.4 is 10.2 Å². The van der Waals surface area contributed by atoms with Crippen LogP contribution in [-0.4, -0.2) is 31.2 Å².